The number of likely N-dealkylation sites (N-methyl/N-ethyl adjacent to an activating group) is 1. The van der Waals surface area contributed by atoms with Crippen molar-refractivity contribution < 1.29 is 22.7 Å². The molecule has 8 nitrogen and oxygen atoms in total. The molecule has 0 aromatic heterocycles. The molecule has 2 amide bonds. The van der Waals surface area contributed by atoms with E-state index >= 15 is 0 Å². The van der Waals surface area contributed by atoms with Gasteiger partial charge < -0.3 is 15.0 Å². The summed E-state index contributed by atoms with van der Waals surface area (Å²) in [4.78, 5) is 26.8. The number of amides is 2. The van der Waals surface area contributed by atoms with Crippen molar-refractivity contribution >= 4 is 27.5 Å². The number of ether oxygens (including phenoxy) is 1. The highest BCUT2D eigenvalue weighted by atomic mass is 32.2. The maximum absolute atomic E-state index is 13.2. The van der Waals surface area contributed by atoms with Gasteiger partial charge in [-0.05, 0) is 43.2 Å². The van der Waals surface area contributed by atoms with E-state index < -0.39 is 28.5 Å². The topological polar surface area (TPSA) is 96.0 Å². The van der Waals surface area contributed by atoms with E-state index in [0.717, 1.165) is 16.1 Å². The van der Waals surface area contributed by atoms with Gasteiger partial charge in [0.2, 0.25) is 21.8 Å². The molecule has 0 aliphatic heterocycles. The first-order valence-electron chi connectivity index (χ1n) is 9.84. The Morgan fingerprint density at radius 1 is 1.06 bits per heavy atom. The molecule has 0 radical (unpaired) electrons. The van der Waals surface area contributed by atoms with Crippen molar-refractivity contribution in [1.82, 2.24) is 10.2 Å². The highest BCUT2D eigenvalue weighted by Crippen LogP contribution is 2.22. The van der Waals surface area contributed by atoms with E-state index in [1.165, 1.54) is 19.1 Å². The number of nitrogens with one attached hydrogen (secondary N) is 1. The van der Waals surface area contributed by atoms with E-state index in [1.54, 1.807) is 31.2 Å². The Hall–Kier alpha value is -3.07. The number of anilines is 1. The summed E-state index contributed by atoms with van der Waals surface area (Å²) in [5.74, 6) is -0.216. The Morgan fingerprint density at radius 2 is 1.68 bits per heavy atom. The number of hydrogen-bond donors (Lipinski definition) is 1. The van der Waals surface area contributed by atoms with Crippen LogP contribution in [-0.4, -0.2) is 64.7 Å². The number of methoxy groups -OCH3 is 1. The zero-order valence-corrected chi connectivity index (χ0v) is 19.1. The third-order valence-electron chi connectivity index (χ3n) is 4.94. The zero-order valence-electron chi connectivity index (χ0n) is 18.2. The Bertz CT molecular complexity index is 978. The van der Waals surface area contributed by atoms with E-state index in [9.17, 15) is 18.0 Å². The van der Waals surface area contributed by atoms with Crippen LogP contribution in [-0.2, 0) is 26.0 Å². The largest absolute Gasteiger partial charge is 0.497 e. The lowest BCUT2D eigenvalue weighted by atomic mass is 10.1. The molecule has 0 aliphatic rings. The van der Waals surface area contributed by atoms with Crippen molar-refractivity contribution in [2.75, 3.05) is 37.8 Å². The second kappa shape index (κ2) is 10.8. The van der Waals surface area contributed by atoms with Gasteiger partial charge in [-0.3, -0.25) is 13.9 Å². The molecule has 1 unspecified atom stereocenters. The molecule has 1 atom stereocenters. The maximum atomic E-state index is 13.2. The number of rotatable bonds is 10. The van der Waals surface area contributed by atoms with Crippen LogP contribution in [0.3, 0.4) is 0 Å². The Kier molecular flexibility index (Phi) is 8.44. The molecule has 9 heteroatoms. The monoisotopic (exact) mass is 447 g/mol. The fourth-order valence-electron chi connectivity index (χ4n) is 3.14. The minimum absolute atomic E-state index is 0.275. The average molecular weight is 448 g/mol. The van der Waals surface area contributed by atoms with Crippen molar-refractivity contribution in [3.63, 3.8) is 0 Å². The zero-order chi connectivity index (χ0) is 23.0. The van der Waals surface area contributed by atoms with Gasteiger partial charge in [0.25, 0.3) is 0 Å². The standard InChI is InChI=1S/C22H29N3O5S/c1-17(22(27)23-2)24(15-14-18-8-6-5-7-9-18)21(26)16-25(31(4,28)29)19-10-12-20(30-3)13-11-19/h5-13,17H,14-16H2,1-4H3,(H,23,27). The summed E-state index contributed by atoms with van der Waals surface area (Å²) in [6.07, 6.45) is 1.58. The highest BCUT2D eigenvalue weighted by Gasteiger charge is 2.29. The van der Waals surface area contributed by atoms with Crippen molar-refractivity contribution in [3.8, 4) is 5.75 Å². The lowest BCUT2D eigenvalue weighted by molar-refractivity contribution is -0.138. The third-order valence-corrected chi connectivity index (χ3v) is 6.08. The normalized spacial score (nSPS) is 12.0. The molecule has 0 spiro atoms. The third kappa shape index (κ3) is 6.71. The minimum atomic E-state index is -3.74. The Labute approximate surface area is 183 Å². The first-order valence-corrected chi connectivity index (χ1v) is 11.7. The molecule has 0 aliphatic carbocycles. The number of hydrogen-bond acceptors (Lipinski definition) is 5. The number of benzene rings is 2. The van der Waals surface area contributed by atoms with Crippen LogP contribution in [0.4, 0.5) is 5.69 Å². The minimum Gasteiger partial charge on any atom is -0.497 e. The highest BCUT2D eigenvalue weighted by molar-refractivity contribution is 7.92. The second-order valence-electron chi connectivity index (χ2n) is 7.08. The molecular weight excluding hydrogens is 418 g/mol. The van der Waals surface area contributed by atoms with Crippen LogP contribution in [0.1, 0.15) is 12.5 Å². The van der Waals surface area contributed by atoms with Crippen LogP contribution in [0.25, 0.3) is 0 Å². The van der Waals surface area contributed by atoms with Gasteiger partial charge in [0, 0.05) is 13.6 Å². The molecule has 0 bridgehead atoms. The van der Waals surface area contributed by atoms with Crippen LogP contribution < -0.4 is 14.4 Å². The fraction of sp³-hybridized carbons (Fsp3) is 0.364. The van der Waals surface area contributed by atoms with Gasteiger partial charge in [0.05, 0.1) is 19.1 Å². The van der Waals surface area contributed by atoms with Gasteiger partial charge in [-0.15, -0.1) is 0 Å². The van der Waals surface area contributed by atoms with Crippen LogP contribution >= 0.6 is 0 Å². The number of nitrogens with zero attached hydrogens (tertiary/aromatic N) is 2. The van der Waals surface area contributed by atoms with Crippen molar-refractivity contribution in [2.24, 2.45) is 0 Å². The van der Waals surface area contributed by atoms with E-state index in [-0.39, 0.29) is 12.5 Å². The SMILES string of the molecule is CNC(=O)C(C)N(CCc1ccccc1)C(=O)CN(c1ccc(OC)cc1)S(C)(=O)=O. The molecule has 2 aromatic rings. The van der Waals surface area contributed by atoms with Gasteiger partial charge in [0.15, 0.2) is 0 Å². The lowest BCUT2D eigenvalue weighted by Crippen LogP contribution is -2.51. The summed E-state index contributed by atoms with van der Waals surface area (Å²) in [5.41, 5.74) is 1.35. The molecule has 0 fully saturated rings. The molecule has 0 saturated heterocycles. The van der Waals surface area contributed by atoms with E-state index in [4.69, 9.17) is 4.74 Å². The van der Waals surface area contributed by atoms with Crippen LogP contribution in [0.2, 0.25) is 0 Å². The fourth-order valence-corrected chi connectivity index (χ4v) is 3.99. The number of carbonyl (C=O) groups is 2. The number of sulfonamides is 1. The molecule has 31 heavy (non-hydrogen) atoms. The average Bonchev–Trinajstić information content (AvgIpc) is 2.76. The van der Waals surface area contributed by atoms with Crippen LogP contribution in [0.15, 0.2) is 54.6 Å². The first-order chi connectivity index (χ1) is 14.7. The summed E-state index contributed by atoms with van der Waals surface area (Å²) in [7, 11) is -0.730. The summed E-state index contributed by atoms with van der Waals surface area (Å²) in [5, 5.41) is 2.55. The molecule has 168 valence electrons. The smallest absolute Gasteiger partial charge is 0.244 e. The molecule has 2 aromatic carbocycles. The first kappa shape index (κ1) is 24.2. The summed E-state index contributed by atoms with van der Waals surface area (Å²) in [6, 6.07) is 15.2. The number of carbonyl (C=O) groups excluding carboxylic acids is 2. The molecule has 2 rings (SSSR count). The van der Waals surface area contributed by atoms with Gasteiger partial charge in [0.1, 0.15) is 18.3 Å². The van der Waals surface area contributed by atoms with Gasteiger partial charge in [-0.25, -0.2) is 8.42 Å². The Balaban J connectivity index is 2.27. The molecule has 0 saturated carbocycles. The van der Waals surface area contributed by atoms with E-state index in [2.05, 4.69) is 5.32 Å². The van der Waals surface area contributed by atoms with Gasteiger partial charge >= 0.3 is 0 Å². The Morgan fingerprint density at radius 3 is 2.19 bits per heavy atom. The van der Waals surface area contributed by atoms with Gasteiger partial charge in [-0.1, -0.05) is 30.3 Å². The summed E-state index contributed by atoms with van der Waals surface area (Å²) < 4.78 is 31.0. The van der Waals surface area contributed by atoms with Crippen LogP contribution in [0, 0.1) is 0 Å². The maximum Gasteiger partial charge on any atom is 0.244 e. The second-order valence-corrected chi connectivity index (χ2v) is 8.99. The van der Waals surface area contributed by atoms with Gasteiger partial charge in [-0.2, -0.15) is 0 Å². The molecule has 0 heterocycles. The van der Waals surface area contributed by atoms with E-state index in [1.807, 2.05) is 30.3 Å². The summed E-state index contributed by atoms with van der Waals surface area (Å²) >= 11 is 0. The predicted octanol–water partition coefficient (Wildman–Crippen LogP) is 1.67. The van der Waals surface area contributed by atoms with Crippen LogP contribution in [0.5, 0.6) is 5.75 Å². The van der Waals surface area contributed by atoms with Crippen molar-refractivity contribution in [3.05, 3.63) is 60.2 Å². The predicted molar refractivity (Wildman–Crippen MR) is 121 cm³/mol. The quantitative estimate of drug-likeness (QED) is 0.598. The van der Waals surface area contributed by atoms with Crippen molar-refractivity contribution in [1.29, 1.82) is 0 Å². The van der Waals surface area contributed by atoms with Crippen molar-refractivity contribution in [2.45, 2.75) is 19.4 Å². The lowest BCUT2D eigenvalue weighted by Gasteiger charge is -2.31. The van der Waals surface area contributed by atoms with E-state index in [0.29, 0.717) is 17.9 Å². The molecular formula is C22H29N3O5S. The summed E-state index contributed by atoms with van der Waals surface area (Å²) in [6.45, 7) is 1.48. The molecule has 1 N–H and O–H groups in total.